The Morgan fingerprint density at radius 2 is 2.19 bits per heavy atom. The number of hydrogen-bond donors (Lipinski definition) is 1. The first kappa shape index (κ1) is 15.3. The fourth-order valence-corrected chi connectivity index (χ4v) is 3.38. The number of hydrogen-bond acceptors (Lipinski definition) is 4. The van der Waals surface area contributed by atoms with Gasteiger partial charge in [-0.3, -0.25) is 0 Å². The highest BCUT2D eigenvalue weighted by Gasteiger charge is 2.25. The first-order chi connectivity index (χ1) is 10.1. The maximum absolute atomic E-state index is 4.71. The van der Waals surface area contributed by atoms with Crippen LogP contribution in [0.3, 0.4) is 0 Å². The van der Waals surface area contributed by atoms with Crippen molar-refractivity contribution in [2.75, 3.05) is 32.1 Å². The van der Waals surface area contributed by atoms with Crippen molar-refractivity contribution in [1.82, 2.24) is 15.2 Å². The Morgan fingerprint density at radius 3 is 2.90 bits per heavy atom. The average Bonchev–Trinajstić information content (AvgIpc) is 3.29. The van der Waals surface area contributed by atoms with Gasteiger partial charge in [0.05, 0.1) is 0 Å². The van der Waals surface area contributed by atoms with Gasteiger partial charge in [0.1, 0.15) is 5.82 Å². The summed E-state index contributed by atoms with van der Waals surface area (Å²) >= 11 is 3.56. The van der Waals surface area contributed by atoms with Gasteiger partial charge in [-0.1, -0.05) is 0 Å². The number of likely N-dealkylation sites (N-methyl/N-ethyl adjacent to an activating group) is 1. The number of rotatable bonds is 5. The molecule has 1 N–H and O–H groups in total. The summed E-state index contributed by atoms with van der Waals surface area (Å²) in [6, 6.07) is 3.58. The van der Waals surface area contributed by atoms with Crippen LogP contribution in [0.2, 0.25) is 0 Å². The second-order valence-corrected chi connectivity index (χ2v) is 7.41. The largest absolute Gasteiger partial charge is 0.355 e. The molecule has 2 fully saturated rings. The molecule has 1 saturated heterocycles. The van der Waals surface area contributed by atoms with E-state index in [2.05, 4.69) is 51.2 Å². The minimum Gasteiger partial charge on any atom is -0.355 e. The Kier molecular flexibility index (Phi) is 4.82. The quantitative estimate of drug-likeness (QED) is 0.882. The third-order valence-electron chi connectivity index (χ3n) is 4.49. The van der Waals surface area contributed by atoms with Crippen molar-refractivity contribution in [3.8, 4) is 0 Å². The molecule has 3 rings (SSSR count). The number of nitrogens with one attached hydrogen (secondary N) is 1. The first-order valence-electron chi connectivity index (χ1n) is 7.92. The van der Waals surface area contributed by atoms with Gasteiger partial charge in [-0.2, -0.15) is 0 Å². The molecule has 0 aromatic carbocycles. The summed E-state index contributed by atoms with van der Waals surface area (Å²) in [7, 11) is 4.36. The molecule has 1 aromatic heterocycles. The molecule has 116 valence electrons. The van der Waals surface area contributed by atoms with E-state index in [4.69, 9.17) is 4.98 Å². The smallest absolute Gasteiger partial charge is 0.133 e. The molecule has 2 aliphatic rings. The number of piperidine rings is 1. The van der Waals surface area contributed by atoms with Gasteiger partial charge in [0.15, 0.2) is 0 Å². The van der Waals surface area contributed by atoms with Crippen molar-refractivity contribution in [3.05, 3.63) is 22.3 Å². The van der Waals surface area contributed by atoms with Crippen molar-refractivity contribution < 1.29 is 0 Å². The van der Waals surface area contributed by atoms with Gasteiger partial charge in [0.25, 0.3) is 0 Å². The molecule has 1 atom stereocenters. The van der Waals surface area contributed by atoms with Crippen LogP contribution < -0.4 is 10.2 Å². The van der Waals surface area contributed by atoms with Crippen LogP contribution in [-0.4, -0.2) is 49.2 Å². The fraction of sp³-hybridized carbons (Fsp3) is 0.688. The van der Waals surface area contributed by atoms with Gasteiger partial charge in [0.2, 0.25) is 0 Å². The molecule has 1 saturated carbocycles. The number of pyridine rings is 1. The van der Waals surface area contributed by atoms with Crippen molar-refractivity contribution in [1.29, 1.82) is 0 Å². The molecule has 1 aromatic rings. The standard InChI is InChI=1S/C16H25BrN4/c1-20(2)15-4-3-7-21(11-15)16-12(8-13(17)10-19-16)9-18-14-5-6-14/h8,10,14-15,18H,3-7,9,11H2,1-2H3. The van der Waals surface area contributed by atoms with Gasteiger partial charge in [-0.25, -0.2) is 4.98 Å². The lowest BCUT2D eigenvalue weighted by molar-refractivity contribution is 0.257. The lowest BCUT2D eigenvalue weighted by atomic mass is 10.0. The van der Waals surface area contributed by atoms with Gasteiger partial charge in [-0.05, 0) is 61.8 Å². The molecule has 0 spiro atoms. The van der Waals surface area contributed by atoms with Crippen LogP contribution in [0.1, 0.15) is 31.2 Å². The van der Waals surface area contributed by atoms with Crippen LogP contribution in [0.25, 0.3) is 0 Å². The summed E-state index contributed by atoms with van der Waals surface area (Å²) in [4.78, 5) is 9.52. The van der Waals surface area contributed by atoms with Crippen LogP contribution in [-0.2, 0) is 6.54 Å². The zero-order valence-electron chi connectivity index (χ0n) is 13.0. The monoisotopic (exact) mass is 352 g/mol. The Hall–Kier alpha value is -0.650. The van der Waals surface area contributed by atoms with E-state index >= 15 is 0 Å². The summed E-state index contributed by atoms with van der Waals surface area (Å²) in [6.45, 7) is 3.13. The Bertz CT molecular complexity index is 487. The van der Waals surface area contributed by atoms with Gasteiger partial charge in [-0.15, -0.1) is 0 Å². The van der Waals surface area contributed by atoms with Crippen LogP contribution >= 0.6 is 15.9 Å². The van der Waals surface area contributed by atoms with Crippen LogP contribution in [0.15, 0.2) is 16.7 Å². The molecular weight excluding hydrogens is 328 g/mol. The maximum atomic E-state index is 4.71. The highest BCUT2D eigenvalue weighted by Crippen LogP contribution is 2.27. The predicted molar refractivity (Wildman–Crippen MR) is 90.7 cm³/mol. The lowest BCUT2D eigenvalue weighted by Crippen LogP contribution is -2.45. The highest BCUT2D eigenvalue weighted by molar-refractivity contribution is 9.10. The highest BCUT2D eigenvalue weighted by atomic mass is 79.9. The number of aromatic nitrogens is 1. The molecule has 1 aliphatic heterocycles. The molecule has 21 heavy (non-hydrogen) atoms. The Labute approximate surface area is 136 Å². The Morgan fingerprint density at radius 1 is 1.38 bits per heavy atom. The first-order valence-corrected chi connectivity index (χ1v) is 8.72. The molecule has 0 amide bonds. The molecule has 0 radical (unpaired) electrons. The lowest BCUT2D eigenvalue weighted by Gasteiger charge is -2.37. The van der Waals surface area contributed by atoms with Gasteiger partial charge in [0, 0.05) is 48.0 Å². The van der Waals surface area contributed by atoms with E-state index in [1.165, 1.54) is 31.2 Å². The van der Waals surface area contributed by atoms with Crippen molar-refractivity contribution >= 4 is 21.7 Å². The molecule has 5 heteroatoms. The summed E-state index contributed by atoms with van der Waals surface area (Å²) in [5.41, 5.74) is 1.32. The molecule has 1 unspecified atom stereocenters. The normalized spacial score (nSPS) is 22.9. The van der Waals surface area contributed by atoms with Crippen molar-refractivity contribution in [2.24, 2.45) is 0 Å². The predicted octanol–water partition coefficient (Wildman–Crippen LogP) is 2.63. The van der Waals surface area contributed by atoms with E-state index < -0.39 is 0 Å². The maximum Gasteiger partial charge on any atom is 0.133 e. The number of anilines is 1. The SMILES string of the molecule is CN(C)C1CCCN(c2ncc(Br)cc2CNC2CC2)C1. The molecule has 0 bridgehead atoms. The molecular formula is C16H25BrN4. The van der Waals surface area contributed by atoms with Gasteiger partial charge >= 0.3 is 0 Å². The van der Waals surface area contributed by atoms with E-state index in [1.54, 1.807) is 0 Å². The zero-order valence-corrected chi connectivity index (χ0v) is 14.6. The summed E-state index contributed by atoms with van der Waals surface area (Å²) in [6.07, 6.45) is 7.10. The van der Waals surface area contributed by atoms with Crippen LogP contribution in [0.4, 0.5) is 5.82 Å². The summed E-state index contributed by atoms with van der Waals surface area (Å²) in [5.74, 6) is 1.16. The van der Waals surface area contributed by atoms with Crippen LogP contribution in [0, 0.1) is 0 Å². The third-order valence-corrected chi connectivity index (χ3v) is 4.93. The van der Waals surface area contributed by atoms with E-state index in [0.717, 1.165) is 36.0 Å². The fourth-order valence-electron chi connectivity index (χ4n) is 3.00. The number of nitrogens with zero attached hydrogens (tertiary/aromatic N) is 3. The molecule has 4 nitrogen and oxygen atoms in total. The average molecular weight is 353 g/mol. The zero-order chi connectivity index (χ0) is 14.8. The third kappa shape index (κ3) is 3.96. The number of halogens is 1. The van der Waals surface area contributed by atoms with Crippen molar-refractivity contribution in [3.63, 3.8) is 0 Å². The van der Waals surface area contributed by atoms with E-state index in [0.29, 0.717) is 6.04 Å². The van der Waals surface area contributed by atoms with Gasteiger partial charge < -0.3 is 15.1 Å². The van der Waals surface area contributed by atoms with E-state index in [1.807, 2.05) is 6.20 Å². The minimum atomic E-state index is 0.633. The minimum absolute atomic E-state index is 0.633. The summed E-state index contributed by atoms with van der Waals surface area (Å²) < 4.78 is 1.07. The van der Waals surface area contributed by atoms with Crippen molar-refractivity contribution in [2.45, 2.75) is 44.3 Å². The second-order valence-electron chi connectivity index (χ2n) is 6.50. The van der Waals surface area contributed by atoms with E-state index in [-0.39, 0.29) is 0 Å². The summed E-state index contributed by atoms with van der Waals surface area (Å²) in [5, 5.41) is 3.62. The molecule has 1 aliphatic carbocycles. The van der Waals surface area contributed by atoms with Crippen LogP contribution in [0.5, 0.6) is 0 Å². The topological polar surface area (TPSA) is 31.4 Å². The second kappa shape index (κ2) is 6.63. The van der Waals surface area contributed by atoms with E-state index in [9.17, 15) is 0 Å². The molecule has 2 heterocycles. The Balaban J connectivity index is 1.75.